The van der Waals surface area contributed by atoms with Gasteiger partial charge in [0.2, 0.25) is 15.9 Å². The number of aromatic nitrogens is 4. The van der Waals surface area contributed by atoms with Gasteiger partial charge >= 0.3 is 0 Å². The van der Waals surface area contributed by atoms with Crippen molar-refractivity contribution >= 4 is 44.4 Å². The lowest BCUT2D eigenvalue weighted by atomic mass is 9.81. The second kappa shape index (κ2) is 16.7. The van der Waals surface area contributed by atoms with E-state index < -0.39 is 21.2 Å². The van der Waals surface area contributed by atoms with Crippen molar-refractivity contribution < 1.29 is 32.2 Å². The van der Waals surface area contributed by atoms with Crippen LogP contribution >= 0.6 is 0 Å². The number of rotatable bonds is 11. The van der Waals surface area contributed by atoms with Gasteiger partial charge in [0.1, 0.15) is 5.75 Å². The summed E-state index contributed by atoms with van der Waals surface area (Å²) in [6, 6.07) is 14.1. The van der Waals surface area contributed by atoms with Crippen LogP contribution in [0.1, 0.15) is 90.2 Å². The van der Waals surface area contributed by atoms with E-state index in [0.717, 1.165) is 70.2 Å². The molecule has 2 aromatic carbocycles. The minimum Gasteiger partial charge on any atom is -0.497 e. The number of morpholine rings is 1. The van der Waals surface area contributed by atoms with Gasteiger partial charge in [-0.05, 0) is 104 Å². The minimum atomic E-state index is -3.80. The summed E-state index contributed by atoms with van der Waals surface area (Å²) in [5.41, 5.74) is 9.65. The summed E-state index contributed by atoms with van der Waals surface area (Å²) in [4.78, 5) is 34.1. The number of sulfonamides is 1. The van der Waals surface area contributed by atoms with Gasteiger partial charge in [0.05, 0.1) is 73.5 Å². The molecule has 5 heterocycles. The van der Waals surface area contributed by atoms with Crippen molar-refractivity contribution in [3.05, 3.63) is 94.6 Å². The number of nitrogens with one attached hydrogen (secondary N) is 1. The summed E-state index contributed by atoms with van der Waals surface area (Å²) in [6.45, 7) is 7.03. The molecule has 59 heavy (non-hydrogen) atoms. The van der Waals surface area contributed by atoms with Crippen molar-refractivity contribution in [1.29, 1.82) is 0 Å². The van der Waals surface area contributed by atoms with Gasteiger partial charge in [-0.1, -0.05) is 31.4 Å². The molecule has 8 rings (SSSR count). The second-order valence-electron chi connectivity index (χ2n) is 16.1. The maximum atomic E-state index is 14.8. The Hall–Kier alpha value is -5.31. The number of amides is 2. The van der Waals surface area contributed by atoms with Crippen molar-refractivity contribution in [2.24, 2.45) is 0 Å². The lowest BCUT2D eigenvalue weighted by Gasteiger charge is -2.32. The fourth-order valence-corrected chi connectivity index (χ4v) is 9.53. The molecule has 13 nitrogen and oxygen atoms in total. The van der Waals surface area contributed by atoms with Crippen LogP contribution in [0.15, 0.2) is 61.1 Å². The summed E-state index contributed by atoms with van der Waals surface area (Å²) in [5, 5.41) is 5.27. The highest BCUT2D eigenvalue weighted by Gasteiger charge is 2.34. The Morgan fingerprint density at radius 1 is 1.02 bits per heavy atom. The van der Waals surface area contributed by atoms with E-state index in [9.17, 15) is 18.0 Å². The molecule has 0 unspecified atom stereocenters. The average molecular weight is 821 g/mol. The molecule has 0 spiro atoms. The van der Waals surface area contributed by atoms with E-state index in [1.807, 2.05) is 40.8 Å². The highest BCUT2D eigenvalue weighted by Crippen LogP contribution is 2.48. The molecule has 1 atom stereocenters. The van der Waals surface area contributed by atoms with Crippen LogP contribution in [0.2, 0.25) is 0 Å². The first kappa shape index (κ1) is 40.5. The number of hydrogen-bond donors (Lipinski definition) is 1. The molecule has 2 fully saturated rings. The number of carbonyl (C=O) groups is 2. The number of methoxy groups -OCH3 is 2. The number of aryl methyl sites for hydroxylation is 1. The first-order valence-corrected chi connectivity index (χ1v) is 22.0. The van der Waals surface area contributed by atoms with Crippen molar-refractivity contribution in [1.82, 2.24) is 29.0 Å². The number of nitrogens with zero attached hydrogens (tertiary/aromatic N) is 5. The first-order chi connectivity index (χ1) is 28.5. The molecule has 1 saturated carbocycles. The van der Waals surface area contributed by atoms with Crippen LogP contribution in [0.25, 0.3) is 39.5 Å². The van der Waals surface area contributed by atoms with Crippen LogP contribution < -0.4 is 9.46 Å². The van der Waals surface area contributed by atoms with Gasteiger partial charge in [0, 0.05) is 49.1 Å². The van der Waals surface area contributed by atoms with Gasteiger partial charge in [-0.3, -0.25) is 19.3 Å². The predicted octanol–water partition coefficient (Wildman–Crippen LogP) is 6.69. The number of ether oxygens (including phenoxy) is 3. The van der Waals surface area contributed by atoms with Gasteiger partial charge in [-0.2, -0.15) is 5.10 Å². The Morgan fingerprint density at radius 3 is 2.58 bits per heavy atom. The number of carbonyl (C=O) groups excluding carboxylic acids is 2. The Kier molecular flexibility index (Phi) is 11.5. The molecule has 0 radical (unpaired) electrons. The second-order valence-corrected chi connectivity index (χ2v) is 18.4. The maximum Gasteiger partial charge on any atom is 0.257 e. The van der Waals surface area contributed by atoms with Gasteiger partial charge in [-0.15, -0.1) is 0 Å². The SMILES string of the molecule is COC[C@@H]1CN(C(=O)c2cnn(-c3ccncc3C)c2C2=Cc3cc(OC)ccc3-c3c(C4CCCCC4)c4ccc(CC(=O)NS(=O)(=O)C(C)C)cc4n3C2)CCO1. The summed E-state index contributed by atoms with van der Waals surface area (Å²) < 4.78 is 48.8. The quantitative estimate of drug-likeness (QED) is 0.154. The molecule has 310 valence electrons. The molecule has 2 amide bonds. The van der Waals surface area contributed by atoms with Crippen LogP contribution in [0.4, 0.5) is 0 Å². The van der Waals surface area contributed by atoms with Crippen molar-refractivity contribution in [2.75, 3.05) is 40.5 Å². The van der Waals surface area contributed by atoms with Gasteiger partial charge < -0.3 is 23.7 Å². The topological polar surface area (TPSA) is 147 Å². The molecule has 5 aromatic rings. The predicted molar refractivity (Wildman–Crippen MR) is 227 cm³/mol. The largest absolute Gasteiger partial charge is 0.497 e. The van der Waals surface area contributed by atoms with Crippen molar-refractivity contribution in [3.63, 3.8) is 0 Å². The zero-order valence-electron chi connectivity index (χ0n) is 34.4. The summed E-state index contributed by atoms with van der Waals surface area (Å²) in [6.07, 6.45) is 12.6. The molecule has 1 N–H and O–H groups in total. The Bertz CT molecular complexity index is 2550. The third-order valence-electron chi connectivity index (χ3n) is 11.9. The standard InChI is InChI=1S/C45H52N6O7S/c1-28(2)59(54,55)48-41(52)20-30-11-13-37-40(19-30)50-25-33(21-32-22-34(57-5)12-14-36(32)44(50)42(37)31-9-7-6-8-10-31)43-38(24-47-51(43)39-15-16-46-23-29(39)3)45(53)49-17-18-58-35(26-49)27-56-4/h11-16,19,21-24,28,31,35H,6-10,17-18,20,25-27H2,1-5H3,(H,48,52)/t35-/m0/s1. The van der Waals surface area contributed by atoms with E-state index in [0.29, 0.717) is 61.3 Å². The fourth-order valence-electron chi connectivity index (χ4n) is 8.90. The molecule has 2 aliphatic heterocycles. The third kappa shape index (κ3) is 7.93. The van der Waals surface area contributed by atoms with Crippen LogP contribution in [0.3, 0.4) is 0 Å². The number of hydrogen-bond acceptors (Lipinski definition) is 9. The minimum absolute atomic E-state index is 0.103. The summed E-state index contributed by atoms with van der Waals surface area (Å²) in [5.74, 6) is 0.290. The number of allylic oxidation sites excluding steroid dienone is 1. The first-order valence-electron chi connectivity index (χ1n) is 20.4. The van der Waals surface area contributed by atoms with E-state index >= 15 is 0 Å². The van der Waals surface area contributed by atoms with E-state index in [1.165, 1.54) is 12.0 Å². The summed E-state index contributed by atoms with van der Waals surface area (Å²) >= 11 is 0. The molecule has 0 bridgehead atoms. The molecule has 3 aromatic heterocycles. The highest BCUT2D eigenvalue weighted by molar-refractivity contribution is 7.90. The molecule has 1 saturated heterocycles. The van der Waals surface area contributed by atoms with Crippen LogP contribution in [0, 0.1) is 6.92 Å². The van der Waals surface area contributed by atoms with Crippen LogP contribution in [0.5, 0.6) is 5.75 Å². The normalized spacial score (nSPS) is 17.4. The number of pyridine rings is 1. The molecule has 14 heteroatoms. The maximum absolute atomic E-state index is 14.8. The van der Waals surface area contributed by atoms with Gasteiger partial charge in [0.25, 0.3) is 5.91 Å². The molecule has 3 aliphatic rings. The summed E-state index contributed by atoms with van der Waals surface area (Å²) in [7, 11) is -0.507. The third-order valence-corrected chi connectivity index (χ3v) is 13.6. The fraction of sp³-hybridized carbons (Fsp3) is 0.422. The lowest BCUT2D eigenvalue weighted by molar-refractivity contribution is -0.118. The van der Waals surface area contributed by atoms with Gasteiger partial charge in [0.15, 0.2) is 0 Å². The zero-order chi connectivity index (χ0) is 41.4. The van der Waals surface area contributed by atoms with Gasteiger partial charge in [-0.25, -0.2) is 13.1 Å². The Balaban J connectivity index is 1.34. The van der Waals surface area contributed by atoms with E-state index in [4.69, 9.17) is 19.3 Å². The smallest absolute Gasteiger partial charge is 0.257 e. The number of fused-ring (bicyclic) bond motifs is 5. The van der Waals surface area contributed by atoms with E-state index in [-0.39, 0.29) is 18.4 Å². The monoisotopic (exact) mass is 820 g/mol. The average Bonchev–Trinajstić information content (AvgIpc) is 3.75. The highest BCUT2D eigenvalue weighted by atomic mass is 32.2. The Morgan fingerprint density at radius 2 is 1.83 bits per heavy atom. The number of benzene rings is 2. The molecule has 1 aliphatic carbocycles. The van der Waals surface area contributed by atoms with Crippen LogP contribution in [-0.4, -0.2) is 96.3 Å². The lowest BCUT2D eigenvalue weighted by Crippen LogP contribution is -2.47. The van der Waals surface area contributed by atoms with Crippen molar-refractivity contribution in [3.8, 4) is 22.7 Å². The molecular weight excluding hydrogens is 769 g/mol. The molecular formula is C45H52N6O7S. The van der Waals surface area contributed by atoms with E-state index in [2.05, 4.69) is 38.5 Å². The zero-order valence-corrected chi connectivity index (χ0v) is 35.2. The van der Waals surface area contributed by atoms with Crippen molar-refractivity contribution in [2.45, 2.75) is 83.1 Å². The van der Waals surface area contributed by atoms with Crippen LogP contribution in [-0.2, 0) is 37.3 Å². The van der Waals surface area contributed by atoms with E-state index in [1.54, 1.807) is 46.7 Å². The Labute approximate surface area is 345 Å².